The van der Waals surface area contributed by atoms with Crippen molar-refractivity contribution in [1.29, 1.82) is 0 Å². The minimum absolute atomic E-state index is 0.117. The Labute approximate surface area is 130 Å². The highest BCUT2D eigenvalue weighted by molar-refractivity contribution is 5.85. The first-order valence-electron chi connectivity index (χ1n) is 8.07. The summed E-state index contributed by atoms with van der Waals surface area (Å²) in [6, 6.07) is 8.86. The van der Waals surface area contributed by atoms with E-state index >= 15 is 0 Å². The molecule has 0 heterocycles. The molecule has 4 heteroatoms. The Morgan fingerprint density at radius 1 is 1.18 bits per heavy atom. The van der Waals surface area contributed by atoms with Crippen LogP contribution in [0, 0.1) is 11.3 Å². The fourth-order valence-corrected chi connectivity index (χ4v) is 3.94. The van der Waals surface area contributed by atoms with Crippen molar-refractivity contribution in [2.75, 3.05) is 0 Å². The maximum absolute atomic E-state index is 13.9. The van der Waals surface area contributed by atoms with Gasteiger partial charge in [0, 0.05) is 12.3 Å². The number of carbonyl (C=O) groups excluding carboxylic acids is 1. The van der Waals surface area contributed by atoms with Crippen LogP contribution in [0.15, 0.2) is 30.3 Å². The molecule has 2 fully saturated rings. The van der Waals surface area contributed by atoms with Crippen molar-refractivity contribution >= 4 is 5.91 Å². The van der Waals surface area contributed by atoms with E-state index in [1.165, 1.54) is 0 Å². The maximum Gasteiger partial charge on any atom is 0.267 e. The standard InChI is InChI=1S/C18H23F2NO/c1-17(2)14(12-8-4-3-5-9-12)15(17)16(22)21-13-10-6-7-11-18(13,19)20/h3-5,8-9,13-15H,6-7,10-11H2,1-2H3,(H,21,22). The lowest BCUT2D eigenvalue weighted by atomic mass is 9.91. The molecule has 3 rings (SSSR count). The quantitative estimate of drug-likeness (QED) is 0.894. The number of hydrogen-bond acceptors (Lipinski definition) is 1. The molecule has 3 unspecified atom stereocenters. The molecule has 1 aromatic rings. The highest BCUT2D eigenvalue weighted by Crippen LogP contribution is 2.64. The Morgan fingerprint density at radius 2 is 1.86 bits per heavy atom. The van der Waals surface area contributed by atoms with Crippen LogP contribution in [-0.4, -0.2) is 17.9 Å². The summed E-state index contributed by atoms with van der Waals surface area (Å²) in [4.78, 5) is 12.5. The van der Waals surface area contributed by atoms with Gasteiger partial charge in [-0.1, -0.05) is 50.6 Å². The second-order valence-corrected chi connectivity index (χ2v) is 7.26. The first kappa shape index (κ1) is 15.4. The van der Waals surface area contributed by atoms with Gasteiger partial charge in [-0.3, -0.25) is 4.79 Å². The van der Waals surface area contributed by atoms with Crippen molar-refractivity contribution in [3.05, 3.63) is 35.9 Å². The van der Waals surface area contributed by atoms with Crippen LogP contribution in [0.2, 0.25) is 0 Å². The van der Waals surface area contributed by atoms with Crippen LogP contribution in [0.1, 0.15) is 51.0 Å². The van der Waals surface area contributed by atoms with Crippen molar-refractivity contribution in [2.24, 2.45) is 11.3 Å². The van der Waals surface area contributed by atoms with Gasteiger partial charge in [0.05, 0.1) is 12.0 Å². The van der Waals surface area contributed by atoms with Gasteiger partial charge >= 0.3 is 0 Å². The van der Waals surface area contributed by atoms with Crippen molar-refractivity contribution in [3.63, 3.8) is 0 Å². The highest BCUT2D eigenvalue weighted by atomic mass is 19.3. The van der Waals surface area contributed by atoms with Gasteiger partial charge < -0.3 is 5.32 Å². The third-order valence-electron chi connectivity index (χ3n) is 5.35. The molecule has 1 N–H and O–H groups in total. The van der Waals surface area contributed by atoms with Crippen LogP contribution < -0.4 is 5.32 Å². The Hall–Kier alpha value is -1.45. The summed E-state index contributed by atoms with van der Waals surface area (Å²) in [5, 5.41) is 2.64. The largest absolute Gasteiger partial charge is 0.347 e. The molecule has 120 valence electrons. The molecule has 2 aliphatic carbocycles. The van der Waals surface area contributed by atoms with Gasteiger partial charge in [-0.05, 0) is 23.8 Å². The minimum Gasteiger partial charge on any atom is -0.347 e. The lowest BCUT2D eigenvalue weighted by Gasteiger charge is -2.32. The molecule has 1 aromatic carbocycles. The average molecular weight is 307 g/mol. The van der Waals surface area contributed by atoms with E-state index in [4.69, 9.17) is 0 Å². The topological polar surface area (TPSA) is 29.1 Å². The van der Waals surface area contributed by atoms with Crippen LogP contribution in [0.25, 0.3) is 0 Å². The Morgan fingerprint density at radius 3 is 2.50 bits per heavy atom. The van der Waals surface area contributed by atoms with Crippen LogP contribution in [-0.2, 0) is 4.79 Å². The molecule has 2 aliphatic rings. The van der Waals surface area contributed by atoms with Gasteiger partial charge in [0.2, 0.25) is 5.91 Å². The summed E-state index contributed by atoms with van der Waals surface area (Å²) in [6.07, 6.45) is 1.56. The van der Waals surface area contributed by atoms with Crippen LogP contribution >= 0.6 is 0 Å². The van der Waals surface area contributed by atoms with Gasteiger partial charge in [-0.2, -0.15) is 0 Å². The summed E-state index contributed by atoms with van der Waals surface area (Å²) in [5.41, 5.74) is 0.943. The fraction of sp³-hybridized carbons (Fsp3) is 0.611. The summed E-state index contributed by atoms with van der Waals surface area (Å²) < 4.78 is 27.8. The zero-order valence-electron chi connectivity index (χ0n) is 13.1. The Balaban J connectivity index is 1.71. The summed E-state index contributed by atoms with van der Waals surface area (Å²) in [5.74, 6) is -3.08. The Kier molecular flexibility index (Phi) is 3.74. The second-order valence-electron chi connectivity index (χ2n) is 7.26. The van der Waals surface area contributed by atoms with Gasteiger partial charge in [0.1, 0.15) is 0 Å². The molecule has 0 spiro atoms. The molecule has 1 amide bonds. The van der Waals surface area contributed by atoms with Crippen LogP contribution in [0.3, 0.4) is 0 Å². The number of benzene rings is 1. The molecular formula is C18H23F2NO. The number of alkyl halides is 2. The number of amides is 1. The zero-order valence-corrected chi connectivity index (χ0v) is 13.1. The molecule has 0 bridgehead atoms. The van der Waals surface area contributed by atoms with Crippen LogP contribution in [0.5, 0.6) is 0 Å². The number of hydrogen-bond donors (Lipinski definition) is 1. The summed E-state index contributed by atoms with van der Waals surface area (Å²) in [7, 11) is 0. The van der Waals surface area contributed by atoms with E-state index in [1.807, 2.05) is 44.2 Å². The van der Waals surface area contributed by atoms with E-state index in [1.54, 1.807) is 0 Å². The monoisotopic (exact) mass is 307 g/mol. The molecule has 2 nitrogen and oxygen atoms in total. The maximum atomic E-state index is 13.9. The predicted octanol–water partition coefficient (Wildman–Crippen LogP) is 4.12. The van der Waals surface area contributed by atoms with Crippen molar-refractivity contribution in [2.45, 2.75) is 57.4 Å². The minimum atomic E-state index is -2.77. The van der Waals surface area contributed by atoms with Crippen molar-refractivity contribution < 1.29 is 13.6 Å². The number of nitrogens with one attached hydrogen (secondary N) is 1. The molecule has 22 heavy (non-hydrogen) atoms. The van der Waals surface area contributed by atoms with E-state index in [2.05, 4.69) is 5.32 Å². The molecule has 0 aliphatic heterocycles. The van der Waals surface area contributed by atoms with Gasteiger partial charge in [0.15, 0.2) is 0 Å². The molecule has 0 aromatic heterocycles. The van der Waals surface area contributed by atoms with Crippen molar-refractivity contribution in [3.8, 4) is 0 Å². The van der Waals surface area contributed by atoms with E-state index in [0.29, 0.717) is 12.8 Å². The first-order valence-corrected chi connectivity index (χ1v) is 8.07. The van der Waals surface area contributed by atoms with Crippen LogP contribution in [0.4, 0.5) is 8.78 Å². The molecule has 3 atom stereocenters. The van der Waals surface area contributed by atoms with E-state index in [9.17, 15) is 13.6 Å². The average Bonchev–Trinajstić information content (AvgIpc) is 3.05. The van der Waals surface area contributed by atoms with E-state index in [-0.39, 0.29) is 29.6 Å². The number of halogens is 2. The smallest absolute Gasteiger partial charge is 0.267 e. The molecular weight excluding hydrogens is 284 g/mol. The lowest BCUT2D eigenvalue weighted by molar-refractivity contribution is -0.129. The molecule has 0 saturated heterocycles. The van der Waals surface area contributed by atoms with E-state index < -0.39 is 12.0 Å². The van der Waals surface area contributed by atoms with E-state index in [0.717, 1.165) is 12.0 Å². The zero-order chi connectivity index (χ0) is 16.0. The normalized spacial score (nSPS) is 32.3. The van der Waals surface area contributed by atoms with Gasteiger partial charge in [0.25, 0.3) is 5.92 Å². The highest BCUT2D eigenvalue weighted by Gasteiger charge is 2.62. The summed E-state index contributed by atoms with van der Waals surface area (Å²) in [6.45, 7) is 4.07. The number of rotatable bonds is 3. The summed E-state index contributed by atoms with van der Waals surface area (Å²) >= 11 is 0. The second kappa shape index (κ2) is 5.32. The third-order valence-corrected chi connectivity index (χ3v) is 5.35. The predicted molar refractivity (Wildman–Crippen MR) is 81.8 cm³/mol. The first-order chi connectivity index (χ1) is 10.3. The SMILES string of the molecule is CC1(C)C(C(=O)NC2CCCCC2(F)F)C1c1ccccc1. The van der Waals surface area contributed by atoms with Gasteiger partial charge in [-0.15, -0.1) is 0 Å². The van der Waals surface area contributed by atoms with Gasteiger partial charge in [-0.25, -0.2) is 8.78 Å². The number of carbonyl (C=O) groups is 1. The molecule has 0 radical (unpaired) electrons. The third kappa shape index (κ3) is 2.64. The lowest BCUT2D eigenvalue weighted by Crippen LogP contribution is -2.50. The molecule has 2 saturated carbocycles. The fourth-order valence-electron chi connectivity index (χ4n) is 3.94. The van der Waals surface area contributed by atoms with Crippen molar-refractivity contribution in [1.82, 2.24) is 5.32 Å². The Bertz CT molecular complexity index is 555.